The van der Waals surface area contributed by atoms with Crippen LogP contribution in [0.1, 0.15) is 56.2 Å². The maximum absolute atomic E-state index is 4.50. The summed E-state index contributed by atoms with van der Waals surface area (Å²) in [6.45, 7) is 4.25. The first-order valence-corrected chi connectivity index (χ1v) is 8.62. The van der Waals surface area contributed by atoms with Crippen molar-refractivity contribution in [2.24, 2.45) is 5.92 Å². The first-order chi connectivity index (χ1) is 10.2. The summed E-state index contributed by atoms with van der Waals surface area (Å²) in [4.78, 5) is 6.97. The summed E-state index contributed by atoms with van der Waals surface area (Å²) in [6, 6.07) is 3.01. The molecule has 0 unspecified atom stereocenters. The molecular formula is C18H29N3. The summed E-state index contributed by atoms with van der Waals surface area (Å²) >= 11 is 0. The Hall–Kier alpha value is -1.09. The molecule has 2 aliphatic rings. The van der Waals surface area contributed by atoms with Crippen LogP contribution in [-0.4, -0.2) is 24.6 Å². The van der Waals surface area contributed by atoms with Crippen LogP contribution in [0.15, 0.2) is 12.3 Å². The first kappa shape index (κ1) is 14.8. The monoisotopic (exact) mass is 287 g/mol. The minimum atomic E-state index is 0.753. The topological polar surface area (TPSA) is 28.2 Å². The highest BCUT2D eigenvalue weighted by atomic mass is 15.1. The summed E-state index contributed by atoms with van der Waals surface area (Å²) < 4.78 is 0. The van der Waals surface area contributed by atoms with E-state index >= 15 is 0 Å². The smallest absolute Gasteiger partial charge is 0.0443 e. The van der Waals surface area contributed by atoms with Crippen molar-refractivity contribution in [2.75, 3.05) is 18.5 Å². The van der Waals surface area contributed by atoms with E-state index in [9.17, 15) is 0 Å². The van der Waals surface area contributed by atoms with Crippen LogP contribution in [0.25, 0.3) is 0 Å². The van der Waals surface area contributed by atoms with Crippen molar-refractivity contribution < 1.29 is 0 Å². The molecule has 0 radical (unpaired) electrons. The lowest BCUT2D eigenvalue weighted by atomic mass is 9.89. The highest BCUT2D eigenvalue weighted by Crippen LogP contribution is 2.28. The zero-order valence-corrected chi connectivity index (χ0v) is 13.6. The van der Waals surface area contributed by atoms with Crippen molar-refractivity contribution in [3.05, 3.63) is 23.5 Å². The molecule has 116 valence electrons. The molecule has 0 bridgehead atoms. The lowest BCUT2D eigenvalue weighted by molar-refractivity contribution is 0.362. The van der Waals surface area contributed by atoms with Crippen LogP contribution in [0, 0.1) is 12.8 Å². The molecule has 0 saturated heterocycles. The number of aryl methyl sites for hydroxylation is 1. The Labute approximate surface area is 129 Å². The van der Waals surface area contributed by atoms with Crippen LogP contribution in [0.2, 0.25) is 0 Å². The van der Waals surface area contributed by atoms with Gasteiger partial charge in [-0.1, -0.05) is 19.3 Å². The third kappa shape index (κ3) is 4.19. The third-order valence-corrected chi connectivity index (χ3v) is 4.93. The lowest BCUT2D eigenvalue weighted by Gasteiger charge is -2.30. The lowest BCUT2D eigenvalue weighted by Crippen LogP contribution is -2.28. The molecule has 1 aromatic rings. The van der Waals surface area contributed by atoms with Crippen LogP contribution < -0.4 is 10.2 Å². The van der Waals surface area contributed by atoms with E-state index in [1.165, 1.54) is 62.7 Å². The Morgan fingerprint density at radius 3 is 2.67 bits per heavy atom. The van der Waals surface area contributed by atoms with Crippen LogP contribution in [0.5, 0.6) is 0 Å². The summed E-state index contributed by atoms with van der Waals surface area (Å²) in [5.74, 6) is 0.876. The van der Waals surface area contributed by atoms with Gasteiger partial charge in [0.25, 0.3) is 0 Å². The van der Waals surface area contributed by atoms with Gasteiger partial charge in [-0.2, -0.15) is 0 Å². The quantitative estimate of drug-likeness (QED) is 0.865. The van der Waals surface area contributed by atoms with Gasteiger partial charge in [0.05, 0.1) is 0 Å². The average Bonchev–Trinajstić information content (AvgIpc) is 3.31. The van der Waals surface area contributed by atoms with Crippen LogP contribution in [0.4, 0.5) is 5.69 Å². The van der Waals surface area contributed by atoms with Gasteiger partial charge in [0.1, 0.15) is 0 Å². The van der Waals surface area contributed by atoms with Gasteiger partial charge in [0, 0.05) is 49.3 Å². The van der Waals surface area contributed by atoms with Crippen molar-refractivity contribution >= 4 is 5.69 Å². The van der Waals surface area contributed by atoms with Crippen molar-refractivity contribution in [3.8, 4) is 0 Å². The maximum Gasteiger partial charge on any atom is 0.0443 e. The van der Waals surface area contributed by atoms with Gasteiger partial charge in [0.15, 0.2) is 0 Å². The number of hydrogen-bond acceptors (Lipinski definition) is 3. The second-order valence-electron chi connectivity index (χ2n) is 6.99. The summed E-state index contributed by atoms with van der Waals surface area (Å²) in [5, 5.41) is 3.62. The molecule has 21 heavy (non-hydrogen) atoms. The molecule has 2 aliphatic carbocycles. The van der Waals surface area contributed by atoms with Crippen molar-refractivity contribution in [3.63, 3.8) is 0 Å². The molecule has 3 rings (SSSR count). The van der Waals surface area contributed by atoms with E-state index in [2.05, 4.69) is 41.4 Å². The Kier molecular flexibility index (Phi) is 4.79. The van der Waals surface area contributed by atoms with Gasteiger partial charge in [-0.15, -0.1) is 0 Å². The van der Waals surface area contributed by atoms with Crippen molar-refractivity contribution in [1.29, 1.82) is 0 Å². The Bertz CT molecular complexity index is 462. The van der Waals surface area contributed by atoms with Crippen LogP contribution in [-0.2, 0) is 6.54 Å². The standard InChI is InChI=1S/C18H29N3/c1-14-10-18(16(11-19-14)12-20-17-8-9-17)21(2)13-15-6-4-3-5-7-15/h10-11,15,17,20H,3-9,12-13H2,1-2H3. The van der Waals surface area contributed by atoms with Crippen molar-refractivity contribution in [1.82, 2.24) is 10.3 Å². The Morgan fingerprint density at radius 1 is 1.19 bits per heavy atom. The van der Waals surface area contributed by atoms with E-state index in [0.717, 1.165) is 24.2 Å². The second-order valence-corrected chi connectivity index (χ2v) is 6.99. The van der Waals surface area contributed by atoms with E-state index in [0.29, 0.717) is 0 Å². The Morgan fingerprint density at radius 2 is 1.95 bits per heavy atom. The zero-order valence-electron chi connectivity index (χ0n) is 13.6. The number of pyridine rings is 1. The molecule has 3 nitrogen and oxygen atoms in total. The first-order valence-electron chi connectivity index (χ1n) is 8.62. The molecule has 0 amide bonds. The molecule has 0 aliphatic heterocycles. The molecule has 3 heteroatoms. The van der Waals surface area contributed by atoms with E-state index in [-0.39, 0.29) is 0 Å². The largest absolute Gasteiger partial charge is 0.374 e. The average molecular weight is 287 g/mol. The van der Waals surface area contributed by atoms with Gasteiger partial charge >= 0.3 is 0 Å². The number of nitrogens with one attached hydrogen (secondary N) is 1. The van der Waals surface area contributed by atoms with E-state index in [4.69, 9.17) is 0 Å². The van der Waals surface area contributed by atoms with Crippen molar-refractivity contribution in [2.45, 2.75) is 64.5 Å². The van der Waals surface area contributed by atoms with Gasteiger partial charge in [-0.25, -0.2) is 0 Å². The molecule has 2 saturated carbocycles. The summed E-state index contributed by atoms with van der Waals surface area (Å²) in [6.07, 6.45) is 11.8. The minimum Gasteiger partial charge on any atom is -0.374 e. The second kappa shape index (κ2) is 6.78. The maximum atomic E-state index is 4.50. The number of nitrogens with zero attached hydrogens (tertiary/aromatic N) is 2. The highest BCUT2D eigenvalue weighted by molar-refractivity contribution is 5.53. The number of hydrogen-bond donors (Lipinski definition) is 1. The molecular weight excluding hydrogens is 258 g/mol. The van der Waals surface area contributed by atoms with Gasteiger partial charge in [0.2, 0.25) is 0 Å². The third-order valence-electron chi connectivity index (χ3n) is 4.93. The fraction of sp³-hybridized carbons (Fsp3) is 0.722. The molecule has 1 aromatic heterocycles. The molecule has 0 atom stereocenters. The van der Waals surface area contributed by atoms with Gasteiger partial charge in [-0.05, 0) is 44.6 Å². The van der Waals surface area contributed by atoms with E-state index in [1.807, 2.05) is 0 Å². The van der Waals surface area contributed by atoms with Gasteiger partial charge < -0.3 is 10.2 Å². The number of rotatable bonds is 6. The summed E-state index contributed by atoms with van der Waals surface area (Å²) in [7, 11) is 2.25. The zero-order chi connectivity index (χ0) is 14.7. The Balaban J connectivity index is 1.66. The van der Waals surface area contributed by atoms with E-state index in [1.54, 1.807) is 0 Å². The molecule has 0 aromatic carbocycles. The number of aromatic nitrogens is 1. The molecule has 1 heterocycles. The number of anilines is 1. The molecule has 0 spiro atoms. The highest BCUT2D eigenvalue weighted by Gasteiger charge is 2.22. The molecule has 2 fully saturated rings. The predicted molar refractivity (Wildman–Crippen MR) is 88.7 cm³/mol. The van der Waals surface area contributed by atoms with Crippen LogP contribution in [0.3, 0.4) is 0 Å². The normalized spacial score (nSPS) is 19.7. The fourth-order valence-electron chi connectivity index (χ4n) is 3.46. The minimum absolute atomic E-state index is 0.753. The fourth-order valence-corrected chi connectivity index (χ4v) is 3.46. The summed E-state index contributed by atoms with van der Waals surface area (Å²) in [5.41, 5.74) is 3.85. The van der Waals surface area contributed by atoms with Crippen LogP contribution >= 0.6 is 0 Å². The SMILES string of the molecule is Cc1cc(N(C)CC2CCCCC2)c(CNC2CC2)cn1. The van der Waals surface area contributed by atoms with E-state index < -0.39 is 0 Å². The van der Waals surface area contributed by atoms with Gasteiger partial charge in [-0.3, -0.25) is 4.98 Å². The molecule has 1 N–H and O–H groups in total. The predicted octanol–water partition coefficient (Wildman–Crippen LogP) is 3.66.